The number of nitrogens with zero attached hydrogens (tertiary/aromatic N) is 3. The number of piperidine rings is 1. The summed E-state index contributed by atoms with van der Waals surface area (Å²) in [5, 5.41) is 0.762. The molecule has 1 saturated heterocycles. The first-order valence-corrected chi connectivity index (χ1v) is 13.5. The lowest BCUT2D eigenvalue weighted by molar-refractivity contribution is 0.0902. The van der Waals surface area contributed by atoms with Crippen molar-refractivity contribution in [2.24, 2.45) is 5.92 Å². The van der Waals surface area contributed by atoms with E-state index in [2.05, 4.69) is 14.9 Å². The molecule has 4 aromatic rings. The average molecular weight is 523 g/mol. The van der Waals surface area contributed by atoms with Crippen molar-refractivity contribution in [1.82, 2.24) is 19.4 Å². The number of hydrogen-bond donors (Lipinski definition) is 1. The fourth-order valence-electron chi connectivity index (χ4n) is 5.80. The number of aromatic nitrogens is 3. The highest BCUT2D eigenvalue weighted by atomic mass is 32.1. The zero-order valence-corrected chi connectivity index (χ0v) is 21.8. The third-order valence-electron chi connectivity index (χ3n) is 7.65. The fraction of sp³-hybridized carbons (Fsp3) is 0.444. The van der Waals surface area contributed by atoms with Crippen LogP contribution < -0.4 is 25.5 Å². The maximum Gasteiger partial charge on any atom is 0.328 e. The number of rotatable bonds is 7. The molecule has 2 atom stereocenters. The maximum absolute atomic E-state index is 13.1. The van der Waals surface area contributed by atoms with Crippen LogP contribution >= 0.6 is 11.3 Å². The monoisotopic (exact) mass is 522 g/mol. The molecule has 0 unspecified atom stereocenters. The van der Waals surface area contributed by atoms with E-state index in [1.807, 2.05) is 24.3 Å². The van der Waals surface area contributed by atoms with Gasteiger partial charge in [0.05, 0.1) is 26.3 Å². The number of ether oxygens (including phenoxy) is 3. The molecule has 0 radical (unpaired) electrons. The number of pyridine rings is 1. The second kappa shape index (κ2) is 9.83. The lowest BCUT2D eigenvalue weighted by Crippen LogP contribution is -2.44. The number of thiophene rings is 1. The van der Waals surface area contributed by atoms with E-state index in [1.165, 1.54) is 21.5 Å². The van der Waals surface area contributed by atoms with E-state index < -0.39 is 0 Å². The molecule has 0 saturated carbocycles. The highest BCUT2D eigenvalue weighted by Crippen LogP contribution is 2.46. The summed E-state index contributed by atoms with van der Waals surface area (Å²) in [5.74, 6) is 3.24. The molecule has 9 nitrogen and oxygen atoms in total. The van der Waals surface area contributed by atoms with Gasteiger partial charge in [-0.25, -0.2) is 9.78 Å². The molecular weight excluding hydrogens is 492 g/mol. The number of fused-ring (bicyclic) bond motifs is 6. The normalized spacial score (nSPS) is 19.4. The Kier molecular flexibility index (Phi) is 6.37. The van der Waals surface area contributed by atoms with Gasteiger partial charge in [0.1, 0.15) is 21.0 Å². The number of methoxy groups -OCH3 is 2. The third-order valence-corrected chi connectivity index (χ3v) is 8.74. The summed E-state index contributed by atoms with van der Waals surface area (Å²) in [6, 6.07) is 9.60. The van der Waals surface area contributed by atoms with Crippen LogP contribution in [0.5, 0.6) is 17.4 Å². The molecule has 0 amide bonds. The lowest BCUT2D eigenvalue weighted by atomic mass is 9.78. The van der Waals surface area contributed by atoms with Gasteiger partial charge in [-0.1, -0.05) is 6.07 Å². The molecule has 1 fully saturated rings. The number of H-pyrrole nitrogens is 1. The molecule has 194 valence electrons. The fourth-order valence-corrected chi connectivity index (χ4v) is 6.87. The zero-order valence-electron chi connectivity index (χ0n) is 21.0. The van der Waals surface area contributed by atoms with Gasteiger partial charge in [0.2, 0.25) is 5.88 Å². The largest absolute Gasteiger partial charge is 0.496 e. The van der Waals surface area contributed by atoms with Crippen molar-refractivity contribution in [3.8, 4) is 17.4 Å². The van der Waals surface area contributed by atoms with Gasteiger partial charge in [0, 0.05) is 36.0 Å². The summed E-state index contributed by atoms with van der Waals surface area (Å²) < 4.78 is 18.7. The Hall–Kier alpha value is -3.37. The number of unbranched alkanes of at least 4 members (excludes halogenated alkanes) is 1. The summed E-state index contributed by atoms with van der Waals surface area (Å²) in [6.07, 6.45) is 2.73. The van der Waals surface area contributed by atoms with Crippen molar-refractivity contribution in [3.63, 3.8) is 0 Å². The smallest absolute Gasteiger partial charge is 0.328 e. The van der Waals surface area contributed by atoms with Crippen molar-refractivity contribution >= 4 is 31.8 Å². The summed E-state index contributed by atoms with van der Waals surface area (Å²) in [4.78, 5) is 36.4. The standard InChI is InChI=1S/C27H30N4O5S/c1-34-19-6-5-7-20-22(19)17-10-13-30(14-16(17)15-36-20)11-3-4-12-31-26(32)24-23(29-27(31)33)18-8-9-21(35-2)28-25(18)37-24/h5-9,16-17H,3-4,10-15H2,1-2H3,(H,29,33)/t16-,17+/m0/s1. The minimum absolute atomic E-state index is 0.256. The first-order chi connectivity index (χ1) is 18.1. The van der Waals surface area contributed by atoms with Gasteiger partial charge >= 0.3 is 5.69 Å². The third kappa shape index (κ3) is 4.27. The number of benzene rings is 1. The Morgan fingerprint density at radius 2 is 2.00 bits per heavy atom. The molecule has 2 aliphatic heterocycles. The van der Waals surface area contributed by atoms with Gasteiger partial charge in [-0.05, 0) is 56.5 Å². The van der Waals surface area contributed by atoms with E-state index >= 15 is 0 Å². The zero-order chi connectivity index (χ0) is 25.5. The summed E-state index contributed by atoms with van der Waals surface area (Å²) >= 11 is 1.29. The van der Waals surface area contributed by atoms with Crippen LogP contribution in [-0.2, 0) is 6.54 Å². The van der Waals surface area contributed by atoms with E-state index in [0.29, 0.717) is 39.3 Å². The number of nitrogens with one attached hydrogen (secondary N) is 1. The summed E-state index contributed by atoms with van der Waals surface area (Å²) in [5.41, 5.74) is 1.14. The van der Waals surface area contributed by atoms with Crippen molar-refractivity contribution in [3.05, 3.63) is 56.7 Å². The molecule has 1 aromatic carbocycles. The van der Waals surface area contributed by atoms with Crippen LogP contribution in [0.4, 0.5) is 0 Å². The van der Waals surface area contributed by atoms with Crippen LogP contribution in [0.15, 0.2) is 39.9 Å². The predicted octanol–water partition coefficient (Wildman–Crippen LogP) is 3.60. The molecule has 0 bridgehead atoms. The Bertz CT molecular complexity index is 1560. The summed E-state index contributed by atoms with van der Waals surface area (Å²) in [6.45, 7) is 4.05. The van der Waals surface area contributed by atoms with Gasteiger partial charge in [-0.2, -0.15) is 0 Å². The molecule has 10 heteroatoms. The van der Waals surface area contributed by atoms with Gasteiger partial charge in [-0.3, -0.25) is 9.36 Å². The molecule has 0 aliphatic carbocycles. The summed E-state index contributed by atoms with van der Waals surface area (Å²) in [7, 11) is 3.27. The first kappa shape index (κ1) is 24.0. The van der Waals surface area contributed by atoms with E-state index in [9.17, 15) is 9.59 Å². The second-order valence-electron chi connectivity index (χ2n) is 9.75. The highest BCUT2D eigenvalue weighted by Gasteiger charge is 2.37. The topological polar surface area (TPSA) is 98.7 Å². The van der Waals surface area contributed by atoms with E-state index in [4.69, 9.17) is 14.2 Å². The van der Waals surface area contributed by atoms with Crippen LogP contribution in [0.3, 0.4) is 0 Å². The van der Waals surface area contributed by atoms with Crippen LogP contribution in [0.2, 0.25) is 0 Å². The van der Waals surface area contributed by atoms with Crippen LogP contribution in [0, 0.1) is 5.92 Å². The first-order valence-electron chi connectivity index (χ1n) is 12.7. The highest BCUT2D eigenvalue weighted by molar-refractivity contribution is 7.25. The minimum atomic E-state index is -0.374. The van der Waals surface area contributed by atoms with Gasteiger partial charge in [0.15, 0.2) is 0 Å². The van der Waals surface area contributed by atoms with Gasteiger partial charge < -0.3 is 24.1 Å². The van der Waals surface area contributed by atoms with E-state index in [-0.39, 0.29) is 11.2 Å². The average Bonchev–Trinajstić information content (AvgIpc) is 3.29. The molecule has 1 N–H and O–H groups in total. The van der Waals surface area contributed by atoms with Gasteiger partial charge in [-0.15, -0.1) is 11.3 Å². The Balaban J connectivity index is 1.10. The molecule has 37 heavy (non-hydrogen) atoms. The van der Waals surface area contributed by atoms with Crippen molar-refractivity contribution in [2.45, 2.75) is 31.7 Å². The Labute approximate surface area is 217 Å². The van der Waals surface area contributed by atoms with Crippen LogP contribution in [0.1, 0.15) is 30.7 Å². The number of hydrogen-bond acceptors (Lipinski definition) is 8. The van der Waals surface area contributed by atoms with Crippen molar-refractivity contribution in [1.29, 1.82) is 0 Å². The Morgan fingerprint density at radius 1 is 1.14 bits per heavy atom. The quantitative estimate of drug-likeness (QED) is 0.370. The molecular formula is C27H30N4O5S. The lowest BCUT2D eigenvalue weighted by Gasteiger charge is -2.42. The number of aromatic amines is 1. The number of likely N-dealkylation sites (tertiary alicyclic amines) is 1. The molecule has 5 heterocycles. The maximum atomic E-state index is 13.1. The van der Waals surface area contributed by atoms with Gasteiger partial charge in [0.25, 0.3) is 5.56 Å². The molecule has 0 spiro atoms. The van der Waals surface area contributed by atoms with Crippen molar-refractivity contribution in [2.75, 3.05) is 40.5 Å². The van der Waals surface area contributed by atoms with E-state index in [1.54, 1.807) is 20.3 Å². The molecule has 3 aromatic heterocycles. The van der Waals surface area contributed by atoms with E-state index in [0.717, 1.165) is 62.4 Å². The van der Waals surface area contributed by atoms with Crippen LogP contribution in [-0.4, -0.2) is 59.9 Å². The van der Waals surface area contributed by atoms with Crippen LogP contribution in [0.25, 0.3) is 20.4 Å². The Morgan fingerprint density at radius 3 is 2.84 bits per heavy atom. The molecule has 6 rings (SSSR count). The van der Waals surface area contributed by atoms with Crippen molar-refractivity contribution < 1.29 is 14.2 Å². The molecule has 2 aliphatic rings. The second-order valence-corrected chi connectivity index (χ2v) is 10.7. The minimum Gasteiger partial charge on any atom is -0.496 e. The predicted molar refractivity (Wildman–Crippen MR) is 144 cm³/mol. The SMILES string of the molecule is COc1ccc2c(n1)sc1c(=O)n(CCCCN3CC[C@H]4c5c(OC)cccc5OC[C@@H]4C3)c(=O)[nH]c12.